The summed E-state index contributed by atoms with van der Waals surface area (Å²) in [5.74, 6) is 2.22. The first-order valence-electron chi connectivity index (χ1n) is 9.52. The van der Waals surface area contributed by atoms with Crippen molar-refractivity contribution in [2.75, 3.05) is 18.0 Å². The van der Waals surface area contributed by atoms with Crippen LogP contribution in [0.5, 0.6) is 0 Å². The Labute approximate surface area is 191 Å². The second kappa shape index (κ2) is 8.25. The first-order valence-corrected chi connectivity index (χ1v) is 11.5. The first-order chi connectivity index (χ1) is 13.9. The van der Waals surface area contributed by atoms with Gasteiger partial charge in [0, 0.05) is 39.7 Å². The number of fused-ring (bicyclic) bond motifs is 1. The fourth-order valence-corrected chi connectivity index (χ4v) is 6.08. The van der Waals surface area contributed by atoms with Gasteiger partial charge in [-0.3, -0.25) is 4.57 Å². The fourth-order valence-electron chi connectivity index (χ4n) is 4.03. The van der Waals surface area contributed by atoms with E-state index in [-0.39, 0.29) is 0 Å². The second-order valence-electron chi connectivity index (χ2n) is 7.49. The summed E-state index contributed by atoms with van der Waals surface area (Å²) < 4.78 is 3.88. The second-order valence-corrected chi connectivity index (χ2v) is 9.63. The largest absolute Gasteiger partial charge is 0.356 e. The normalized spacial score (nSPS) is 15.1. The molecule has 150 valence electrons. The van der Waals surface area contributed by atoms with E-state index in [0.29, 0.717) is 17.4 Å². The summed E-state index contributed by atoms with van der Waals surface area (Å²) in [7, 11) is 0. The molecule has 0 aliphatic carbocycles. The molecule has 0 unspecified atom stereocenters. The van der Waals surface area contributed by atoms with Crippen LogP contribution in [-0.4, -0.2) is 27.6 Å². The third kappa shape index (κ3) is 3.90. The first kappa shape index (κ1) is 20.6. The van der Waals surface area contributed by atoms with Crippen LogP contribution in [0.3, 0.4) is 0 Å². The van der Waals surface area contributed by atoms with Crippen molar-refractivity contribution in [1.29, 1.82) is 5.26 Å². The van der Waals surface area contributed by atoms with Gasteiger partial charge in [-0.25, -0.2) is 9.97 Å². The maximum atomic E-state index is 8.99. The van der Waals surface area contributed by atoms with Crippen LogP contribution in [-0.2, 0) is 0 Å². The molecule has 3 aromatic rings. The van der Waals surface area contributed by atoms with Crippen molar-refractivity contribution < 1.29 is 0 Å². The van der Waals surface area contributed by atoms with Crippen molar-refractivity contribution in [1.82, 2.24) is 14.5 Å². The van der Waals surface area contributed by atoms with Crippen LogP contribution in [0.15, 0.2) is 27.3 Å². The average Bonchev–Trinajstić information content (AvgIpc) is 2.97. The Kier molecular flexibility index (Phi) is 5.87. The van der Waals surface area contributed by atoms with Gasteiger partial charge in [0.1, 0.15) is 11.6 Å². The van der Waals surface area contributed by atoms with Crippen LogP contribution >= 0.6 is 43.5 Å². The van der Waals surface area contributed by atoms with Gasteiger partial charge in [0.25, 0.3) is 0 Å². The molecular formula is C21H20Br2ClN5. The molecule has 0 spiro atoms. The molecule has 0 N–H and O–H groups in total. The van der Waals surface area contributed by atoms with E-state index in [1.807, 2.05) is 19.1 Å². The van der Waals surface area contributed by atoms with Crippen LogP contribution in [0.1, 0.15) is 30.7 Å². The molecule has 1 aromatic carbocycles. The van der Waals surface area contributed by atoms with Gasteiger partial charge < -0.3 is 4.90 Å². The van der Waals surface area contributed by atoms with Crippen LogP contribution < -0.4 is 4.90 Å². The lowest BCUT2D eigenvalue weighted by Gasteiger charge is -2.32. The van der Waals surface area contributed by atoms with Crippen LogP contribution in [0, 0.1) is 31.1 Å². The number of aryl methyl sites for hydroxylation is 2. The third-order valence-electron chi connectivity index (χ3n) is 5.44. The van der Waals surface area contributed by atoms with Gasteiger partial charge in [0.15, 0.2) is 5.65 Å². The fraction of sp³-hybridized carbons (Fsp3) is 0.381. The van der Waals surface area contributed by atoms with Crippen LogP contribution in [0.25, 0.3) is 16.7 Å². The molecule has 3 heterocycles. The number of halogens is 3. The smallest absolute Gasteiger partial charge is 0.150 e. The summed E-state index contributed by atoms with van der Waals surface area (Å²) in [6.45, 7) is 5.86. The van der Waals surface area contributed by atoms with Crippen molar-refractivity contribution in [2.45, 2.75) is 33.1 Å². The summed E-state index contributed by atoms with van der Waals surface area (Å²) >= 11 is 13.5. The molecule has 1 aliphatic heterocycles. The zero-order chi connectivity index (χ0) is 20.7. The lowest BCUT2D eigenvalue weighted by molar-refractivity contribution is 0.411. The molecule has 5 nitrogen and oxygen atoms in total. The van der Waals surface area contributed by atoms with Gasteiger partial charge in [-0.05, 0) is 82.2 Å². The minimum absolute atomic E-state index is 0.487. The van der Waals surface area contributed by atoms with E-state index < -0.39 is 0 Å². The molecule has 0 amide bonds. The molecule has 1 aliphatic rings. The lowest BCUT2D eigenvalue weighted by Crippen LogP contribution is -2.34. The van der Waals surface area contributed by atoms with Crippen molar-refractivity contribution in [3.63, 3.8) is 0 Å². The summed E-state index contributed by atoms with van der Waals surface area (Å²) in [5.41, 5.74) is 2.97. The molecule has 1 saturated heterocycles. The molecular weight excluding hydrogens is 518 g/mol. The van der Waals surface area contributed by atoms with Crippen LogP contribution in [0.2, 0.25) is 5.02 Å². The molecule has 0 atom stereocenters. The number of hydrogen-bond acceptors (Lipinski definition) is 4. The number of nitrogens with zero attached hydrogens (tertiary/aromatic N) is 5. The highest BCUT2D eigenvalue weighted by molar-refractivity contribution is 9.11. The molecule has 0 bridgehead atoms. The van der Waals surface area contributed by atoms with E-state index in [4.69, 9.17) is 26.8 Å². The van der Waals surface area contributed by atoms with Gasteiger partial charge >= 0.3 is 0 Å². The monoisotopic (exact) mass is 535 g/mol. The number of nitriles is 1. The zero-order valence-corrected chi connectivity index (χ0v) is 20.1. The molecule has 8 heteroatoms. The van der Waals surface area contributed by atoms with E-state index in [1.165, 1.54) is 0 Å². The maximum absolute atomic E-state index is 8.99. The van der Waals surface area contributed by atoms with E-state index in [2.05, 4.69) is 60.5 Å². The predicted octanol–water partition coefficient (Wildman–Crippen LogP) is 6.35. The minimum atomic E-state index is 0.487. The maximum Gasteiger partial charge on any atom is 0.150 e. The van der Waals surface area contributed by atoms with Crippen molar-refractivity contribution >= 4 is 60.3 Å². The third-order valence-corrected chi connectivity index (χ3v) is 6.87. The van der Waals surface area contributed by atoms with Gasteiger partial charge in [-0.2, -0.15) is 5.26 Å². The van der Waals surface area contributed by atoms with Gasteiger partial charge in [0.2, 0.25) is 0 Å². The highest BCUT2D eigenvalue weighted by Crippen LogP contribution is 2.38. The summed E-state index contributed by atoms with van der Waals surface area (Å²) in [4.78, 5) is 11.9. The summed E-state index contributed by atoms with van der Waals surface area (Å²) in [5, 5.41) is 10.7. The van der Waals surface area contributed by atoms with Gasteiger partial charge in [-0.1, -0.05) is 11.6 Å². The van der Waals surface area contributed by atoms with Crippen molar-refractivity contribution in [2.24, 2.45) is 5.92 Å². The number of rotatable bonds is 3. The standard InChI is InChI=1S/C21H20Br2ClN5/c1-12-11-29(19-16(22)9-15(24)10-17(19)23)21-18(12)20(26-13(2)27-21)28-7-4-14(3-6-25)5-8-28/h9-11,14H,3-5,7-8H2,1-2H3. The highest BCUT2D eigenvalue weighted by Gasteiger charge is 2.25. The topological polar surface area (TPSA) is 57.7 Å². The predicted molar refractivity (Wildman–Crippen MR) is 124 cm³/mol. The van der Waals surface area contributed by atoms with Crippen molar-refractivity contribution in [3.8, 4) is 11.8 Å². The molecule has 29 heavy (non-hydrogen) atoms. The molecule has 0 saturated carbocycles. The summed E-state index contributed by atoms with van der Waals surface area (Å²) in [6.07, 6.45) is 4.78. The SMILES string of the molecule is Cc1nc(N2CCC(CC#N)CC2)c2c(C)cn(-c3c(Br)cc(Cl)cc3Br)c2n1. The Morgan fingerprint density at radius 2 is 1.83 bits per heavy atom. The van der Waals surface area contributed by atoms with E-state index in [0.717, 1.165) is 68.8 Å². The van der Waals surface area contributed by atoms with Gasteiger partial charge in [0.05, 0.1) is 17.1 Å². The number of aromatic nitrogens is 3. The molecule has 4 rings (SSSR count). The van der Waals surface area contributed by atoms with Gasteiger partial charge in [-0.15, -0.1) is 0 Å². The Balaban J connectivity index is 1.83. The average molecular weight is 538 g/mol. The lowest BCUT2D eigenvalue weighted by atomic mass is 9.94. The Hall–Kier alpha value is -1.62. The number of benzene rings is 1. The van der Waals surface area contributed by atoms with E-state index in [9.17, 15) is 0 Å². The molecule has 0 radical (unpaired) electrons. The quantitative estimate of drug-likeness (QED) is 0.391. The van der Waals surface area contributed by atoms with Crippen molar-refractivity contribution in [3.05, 3.63) is 43.7 Å². The minimum Gasteiger partial charge on any atom is -0.356 e. The van der Waals surface area contributed by atoms with Crippen LogP contribution in [0.4, 0.5) is 5.82 Å². The Bertz CT molecular complexity index is 1100. The zero-order valence-electron chi connectivity index (χ0n) is 16.2. The number of hydrogen-bond donors (Lipinski definition) is 0. The number of piperidine rings is 1. The highest BCUT2D eigenvalue weighted by atomic mass is 79.9. The number of anilines is 1. The molecule has 1 fully saturated rings. The summed E-state index contributed by atoms with van der Waals surface area (Å²) in [6, 6.07) is 6.08. The Morgan fingerprint density at radius 3 is 2.45 bits per heavy atom. The Morgan fingerprint density at radius 1 is 1.17 bits per heavy atom. The molecule has 2 aromatic heterocycles. The van der Waals surface area contributed by atoms with E-state index >= 15 is 0 Å². The van der Waals surface area contributed by atoms with E-state index in [1.54, 1.807) is 0 Å².